The third-order valence-corrected chi connectivity index (χ3v) is 2.64. The molecule has 1 aromatic rings. The van der Waals surface area contributed by atoms with E-state index in [1.54, 1.807) is 31.2 Å². The van der Waals surface area contributed by atoms with Crippen LogP contribution < -0.4 is 10.2 Å². The number of carbonyl (C=O) groups is 1. The monoisotopic (exact) mass is 261 g/mol. The standard InChI is InChI=1S/C14H19N3O2/c1-11(10-19-3)16-14(18)9-17(2)13-7-5-4-6-12(13)8-15/h4-7,11H,9-10H2,1-3H3,(H,16,18). The molecule has 0 fully saturated rings. The summed E-state index contributed by atoms with van der Waals surface area (Å²) in [6.45, 7) is 2.56. The number of benzene rings is 1. The Morgan fingerprint density at radius 3 is 2.84 bits per heavy atom. The van der Waals surface area contributed by atoms with E-state index in [0.29, 0.717) is 12.2 Å². The van der Waals surface area contributed by atoms with Crippen LogP contribution >= 0.6 is 0 Å². The lowest BCUT2D eigenvalue weighted by molar-refractivity contribution is -0.120. The van der Waals surface area contributed by atoms with E-state index >= 15 is 0 Å². The van der Waals surface area contributed by atoms with Gasteiger partial charge in [-0.1, -0.05) is 12.1 Å². The van der Waals surface area contributed by atoms with Crippen molar-refractivity contribution in [3.63, 3.8) is 0 Å². The van der Waals surface area contributed by atoms with Crippen molar-refractivity contribution in [3.8, 4) is 6.07 Å². The van der Waals surface area contributed by atoms with Crippen molar-refractivity contribution < 1.29 is 9.53 Å². The van der Waals surface area contributed by atoms with E-state index in [0.717, 1.165) is 5.69 Å². The molecule has 0 aliphatic heterocycles. The molecule has 0 bridgehead atoms. The molecule has 0 aliphatic carbocycles. The zero-order valence-electron chi connectivity index (χ0n) is 11.5. The van der Waals surface area contributed by atoms with Gasteiger partial charge in [-0.3, -0.25) is 4.79 Å². The Hall–Kier alpha value is -2.06. The van der Waals surface area contributed by atoms with E-state index in [2.05, 4.69) is 11.4 Å². The van der Waals surface area contributed by atoms with Crippen LogP contribution in [0.25, 0.3) is 0 Å². The number of nitrogens with one attached hydrogen (secondary N) is 1. The van der Waals surface area contributed by atoms with Crippen LogP contribution in [-0.4, -0.2) is 39.3 Å². The van der Waals surface area contributed by atoms with Gasteiger partial charge in [0.05, 0.1) is 24.4 Å². The maximum absolute atomic E-state index is 11.8. The number of amides is 1. The topological polar surface area (TPSA) is 65.4 Å². The highest BCUT2D eigenvalue weighted by atomic mass is 16.5. The van der Waals surface area contributed by atoms with Gasteiger partial charge in [0, 0.05) is 20.2 Å². The van der Waals surface area contributed by atoms with E-state index in [1.807, 2.05) is 19.1 Å². The summed E-state index contributed by atoms with van der Waals surface area (Å²) in [5.41, 5.74) is 1.31. The number of nitriles is 1. The average molecular weight is 261 g/mol. The van der Waals surface area contributed by atoms with E-state index in [4.69, 9.17) is 10.00 Å². The first-order chi connectivity index (χ1) is 9.08. The SMILES string of the molecule is COCC(C)NC(=O)CN(C)c1ccccc1C#N. The summed E-state index contributed by atoms with van der Waals surface area (Å²) < 4.78 is 4.96. The van der Waals surface area contributed by atoms with Crippen LogP contribution in [-0.2, 0) is 9.53 Å². The molecule has 1 aromatic carbocycles. The maximum atomic E-state index is 11.8. The number of likely N-dealkylation sites (N-methyl/N-ethyl adjacent to an activating group) is 1. The molecule has 0 spiro atoms. The highest BCUT2D eigenvalue weighted by molar-refractivity contribution is 5.82. The maximum Gasteiger partial charge on any atom is 0.239 e. The molecule has 19 heavy (non-hydrogen) atoms. The van der Waals surface area contributed by atoms with Crippen LogP contribution in [0.3, 0.4) is 0 Å². The second-order valence-electron chi connectivity index (χ2n) is 4.41. The lowest BCUT2D eigenvalue weighted by atomic mass is 10.2. The first-order valence-corrected chi connectivity index (χ1v) is 6.07. The van der Waals surface area contributed by atoms with Crippen molar-refractivity contribution in [1.82, 2.24) is 5.32 Å². The fraction of sp³-hybridized carbons (Fsp3) is 0.429. The van der Waals surface area contributed by atoms with Gasteiger partial charge >= 0.3 is 0 Å². The predicted molar refractivity (Wildman–Crippen MR) is 73.9 cm³/mol. The third kappa shape index (κ3) is 4.60. The molecule has 1 atom stereocenters. The number of nitrogens with zero attached hydrogens (tertiary/aromatic N) is 2. The van der Waals surface area contributed by atoms with Crippen LogP contribution in [0.1, 0.15) is 12.5 Å². The first-order valence-electron chi connectivity index (χ1n) is 6.07. The van der Waals surface area contributed by atoms with Gasteiger partial charge in [-0.25, -0.2) is 0 Å². The molecule has 0 aliphatic rings. The van der Waals surface area contributed by atoms with Gasteiger partial charge in [-0.15, -0.1) is 0 Å². The summed E-state index contributed by atoms with van der Waals surface area (Å²) in [6, 6.07) is 9.29. The molecule has 5 nitrogen and oxygen atoms in total. The molecule has 0 radical (unpaired) electrons. The smallest absolute Gasteiger partial charge is 0.239 e. The summed E-state index contributed by atoms with van der Waals surface area (Å²) in [5, 5.41) is 11.9. The van der Waals surface area contributed by atoms with E-state index < -0.39 is 0 Å². The highest BCUT2D eigenvalue weighted by Gasteiger charge is 2.12. The summed E-state index contributed by atoms with van der Waals surface area (Å²) in [5.74, 6) is -0.0974. The van der Waals surface area contributed by atoms with Crippen LogP contribution in [0.5, 0.6) is 0 Å². The first kappa shape index (κ1) is 15.0. The average Bonchev–Trinajstić information content (AvgIpc) is 2.38. The lowest BCUT2D eigenvalue weighted by Crippen LogP contribution is -2.41. The van der Waals surface area contributed by atoms with Crippen LogP contribution in [0.15, 0.2) is 24.3 Å². The number of methoxy groups -OCH3 is 1. The molecule has 1 rings (SSSR count). The van der Waals surface area contributed by atoms with Gasteiger partial charge in [-0.2, -0.15) is 5.26 Å². The summed E-state index contributed by atoms with van der Waals surface area (Å²) in [6.07, 6.45) is 0. The van der Waals surface area contributed by atoms with Crippen molar-refractivity contribution in [2.45, 2.75) is 13.0 Å². The molecule has 0 saturated heterocycles. The van der Waals surface area contributed by atoms with Crippen molar-refractivity contribution in [2.24, 2.45) is 0 Å². The van der Waals surface area contributed by atoms with Crippen LogP contribution in [0, 0.1) is 11.3 Å². The minimum absolute atomic E-state index is 0.0305. The number of hydrogen-bond acceptors (Lipinski definition) is 4. The fourth-order valence-corrected chi connectivity index (χ4v) is 1.81. The highest BCUT2D eigenvalue weighted by Crippen LogP contribution is 2.17. The van der Waals surface area contributed by atoms with Gasteiger partial charge in [0.15, 0.2) is 0 Å². The zero-order chi connectivity index (χ0) is 14.3. The molecule has 1 N–H and O–H groups in total. The Balaban J connectivity index is 2.62. The van der Waals surface area contributed by atoms with E-state index in [9.17, 15) is 4.79 Å². The quantitative estimate of drug-likeness (QED) is 0.834. The molecule has 0 heterocycles. The number of hydrogen-bond donors (Lipinski definition) is 1. The van der Waals surface area contributed by atoms with Gasteiger partial charge in [-0.05, 0) is 19.1 Å². The molecule has 5 heteroatoms. The summed E-state index contributed by atoms with van der Waals surface area (Å²) in [7, 11) is 3.38. The second-order valence-corrected chi connectivity index (χ2v) is 4.41. The van der Waals surface area contributed by atoms with Crippen molar-refractivity contribution in [2.75, 3.05) is 32.2 Å². The number of rotatable bonds is 6. The van der Waals surface area contributed by atoms with E-state index in [-0.39, 0.29) is 18.5 Å². The molecule has 0 aromatic heterocycles. The Kier molecular flexibility index (Phi) is 5.83. The predicted octanol–water partition coefficient (Wildman–Crippen LogP) is 1.15. The molecular weight excluding hydrogens is 242 g/mol. The number of anilines is 1. The van der Waals surface area contributed by atoms with Crippen LogP contribution in [0.2, 0.25) is 0 Å². The third-order valence-electron chi connectivity index (χ3n) is 2.64. The molecule has 0 saturated carbocycles. The second kappa shape index (κ2) is 7.39. The van der Waals surface area contributed by atoms with Crippen molar-refractivity contribution in [1.29, 1.82) is 5.26 Å². The van der Waals surface area contributed by atoms with Crippen molar-refractivity contribution in [3.05, 3.63) is 29.8 Å². The normalized spacial score (nSPS) is 11.5. The fourth-order valence-electron chi connectivity index (χ4n) is 1.81. The van der Waals surface area contributed by atoms with Gasteiger partial charge in [0.2, 0.25) is 5.91 Å². The Bertz CT molecular complexity index is 468. The Morgan fingerprint density at radius 2 is 2.21 bits per heavy atom. The number of para-hydroxylation sites is 1. The Morgan fingerprint density at radius 1 is 1.53 bits per heavy atom. The minimum atomic E-state index is -0.0974. The number of carbonyl (C=O) groups excluding carboxylic acids is 1. The van der Waals surface area contributed by atoms with Gasteiger partial charge in [0.25, 0.3) is 0 Å². The van der Waals surface area contributed by atoms with Crippen molar-refractivity contribution >= 4 is 11.6 Å². The number of ether oxygens (including phenoxy) is 1. The molecule has 1 amide bonds. The Labute approximate surface area is 113 Å². The van der Waals surface area contributed by atoms with Crippen LogP contribution in [0.4, 0.5) is 5.69 Å². The lowest BCUT2D eigenvalue weighted by Gasteiger charge is -2.21. The van der Waals surface area contributed by atoms with Gasteiger partial charge < -0.3 is 15.0 Å². The zero-order valence-corrected chi connectivity index (χ0v) is 11.5. The largest absolute Gasteiger partial charge is 0.383 e. The molecule has 1 unspecified atom stereocenters. The minimum Gasteiger partial charge on any atom is -0.383 e. The molecular formula is C14H19N3O2. The molecule has 102 valence electrons. The summed E-state index contributed by atoms with van der Waals surface area (Å²) >= 11 is 0. The summed E-state index contributed by atoms with van der Waals surface area (Å²) in [4.78, 5) is 13.6. The van der Waals surface area contributed by atoms with Gasteiger partial charge in [0.1, 0.15) is 6.07 Å². The van der Waals surface area contributed by atoms with E-state index in [1.165, 1.54) is 0 Å².